The van der Waals surface area contributed by atoms with Gasteiger partial charge in [0.05, 0.1) is 23.4 Å². The maximum Gasteiger partial charge on any atom is 0.359 e. The second kappa shape index (κ2) is 7.55. The monoisotopic (exact) mass is 370 g/mol. The fourth-order valence-electron chi connectivity index (χ4n) is 1.87. The van der Waals surface area contributed by atoms with Gasteiger partial charge in [-0.15, -0.1) is 0 Å². The smallest absolute Gasteiger partial charge is 0.359 e. The van der Waals surface area contributed by atoms with Crippen LogP contribution >= 0.6 is 23.2 Å². The van der Waals surface area contributed by atoms with E-state index in [0.717, 1.165) is 0 Å². The number of ether oxygens (including phenoxy) is 1. The fourth-order valence-corrected chi connectivity index (χ4v) is 2.18. The first kappa shape index (κ1) is 18.1. The van der Waals surface area contributed by atoms with Crippen molar-refractivity contribution in [2.45, 2.75) is 19.9 Å². The van der Waals surface area contributed by atoms with Crippen LogP contribution in [0.15, 0.2) is 29.6 Å². The molecule has 128 valence electrons. The number of amidine groups is 1. The number of carbonyl (C=O) groups excluding carboxylic acids is 1. The molecular weight excluding hydrogens is 355 g/mol. The molecule has 0 saturated carbocycles. The number of rotatable bonds is 5. The summed E-state index contributed by atoms with van der Waals surface area (Å²) in [6, 6.07) is 4.13. The zero-order valence-electron chi connectivity index (χ0n) is 13.3. The van der Waals surface area contributed by atoms with Crippen molar-refractivity contribution in [1.82, 2.24) is 9.78 Å². The number of aryl methyl sites for hydroxylation is 1. The standard InChI is InChI=1S/C15H16Cl2N4O3/c1-8-12(17)7-21(19-8)9(2)15(22)24-20-14(18)11-6-10(16)4-5-13(11)23-3/h4-7,9H,1-3H3,(H2,18,20). The summed E-state index contributed by atoms with van der Waals surface area (Å²) in [7, 11) is 1.48. The molecule has 2 rings (SSSR count). The molecule has 0 aliphatic rings. The topological polar surface area (TPSA) is 91.7 Å². The Morgan fingerprint density at radius 3 is 2.71 bits per heavy atom. The van der Waals surface area contributed by atoms with Crippen molar-refractivity contribution < 1.29 is 14.4 Å². The second-order valence-electron chi connectivity index (χ2n) is 4.95. The zero-order valence-corrected chi connectivity index (χ0v) is 14.8. The van der Waals surface area contributed by atoms with E-state index >= 15 is 0 Å². The molecule has 0 bridgehead atoms. The minimum atomic E-state index is -0.714. The van der Waals surface area contributed by atoms with E-state index in [9.17, 15) is 4.79 Å². The predicted octanol–water partition coefficient (Wildman–Crippen LogP) is 2.93. The Hall–Kier alpha value is -2.25. The van der Waals surface area contributed by atoms with Gasteiger partial charge in [-0.3, -0.25) is 4.68 Å². The van der Waals surface area contributed by atoms with Crippen LogP contribution in [0.1, 0.15) is 24.2 Å². The highest BCUT2D eigenvalue weighted by Gasteiger charge is 2.19. The minimum Gasteiger partial charge on any atom is -0.496 e. The van der Waals surface area contributed by atoms with Gasteiger partial charge in [0, 0.05) is 11.2 Å². The van der Waals surface area contributed by atoms with Crippen molar-refractivity contribution in [1.29, 1.82) is 0 Å². The van der Waals surface area contributed by atoms with E-state index in [1.54, 1.807) is 32.0 Å². The van der Waals surface area contributed by atoms with Crippen molar-refractivity contribution in [3.05, 3.63) is 45.7 Å². The maximum atomic E-state index is 12.1. The van der Waals surface area contributed by atoms with Crippen LogP contribution in [0.5, 0.6) is 5.75 Å². The highest BCUT2D eigenvalue weighted by atomic mass is 35.5. The SMILES string of the molecule is COc1ccc(Cl)cc1/C(N)=N/OC(=O)C(C)n1cc(Cl)c(C)n1. The Kier molecular flexibility index (Phi) is 5.69. The van der Waals surface area contributed by atoms with Gasteiger partial charge in [0.25, 0.3) is 0 Å². The average molecular weight is 371 g/mol. The molecule has 0 aliphatic carbocycles. The van der Waals surface area contributed by atoms with Crippen LogP contribution in [0.25, 0.3) is 0 Å². The number of oxime groups is 1. The molecule has 1 unspecified atom stereocenters. The molecule has 9 heteroatoms. The largest absolute Gasteiger partial charge is 0.496 e. The lowest BCUT2D eigenvalue weighted by atomic mass is 10.2. The highest BCUT2D eigenvalue weighted by molar-refractivity contribution is 6.31. The summed E-state index contributed by atoms with van der Waals surface area (Å²) >= 11 is 11.9. The van der Waals surface area contributed by atoms with E-state index in [0.29, 0.717) is 27.1 Å². The van der Waals surface area contributed by atoms with Crippen molar-refractivity contribution in [3.8, 4) is 5.75 Å². The number of halogens is 2. The van der Waals surface area contributed by atoms with Gasteiger partial charge in [-0.05, 0) is 32.0 Å². The van der Waals surface area contributed by atoms with Crippen molar-refractivity contribution in [2.24, 2.45) is 10.9 Å². The zero-order chi connectivity index (χ0) is 17.9. The van der Waals surface area contributed by atoms with Crippen LogP contribution in [-0.4, -0.2) is 28.7 Å². The third-order valence-corrected chi connectivity index (χ3v) is 3.87. The summed E-state index contributed by atoms with van der Waals surface area (Å²) in [4.78, 5) is 17.0. The summed E-state index contributed by atoms with van der Waals surface area (Å²) in [5.41, 5.74) is 6.88. The van der Waals surface area contributed by atoms with Gasteiger partial charge in [0.2, 0.25) is 0 Å². The Morgan fingerprint density at radius 2 is 2.12 bits per heavy atom. The summed E-state index contributed by atoms with van der Waals surface area (Å²) in [6.07, 6.45) is 1.54. The van der Waals surface area contributed by atoms with Gasteiger partial charge in [-0.2, -0.15) is 5.10 Å². The van der Waals surface area contributed by atoms with Crippen LogP contribution in [-0.2, 0) is 9.63 Å². The quantitative estimate of drug-likeness (QED) is 0.378. The van der Waals surface area contributed by atoms with Crippen LogP contribution < -0.4 is 10.5 Å². The third kappa shape index (κ3) is 3.98. The number of carbonyl (C=O) groups is 1. The van der Waals surface area contributed by atoms with E-state index in [4.69, 9.17) is 38.5 Å². The molecule has 2 N–H and O–H groups in total. The van der Waals surface area contributed by atoms with Crippen molar-refractivity contribution in [3.63, 3.8) is 0 Å². The van der Waals surface area contributed by atoms with Gasteiger partial charge in [0.1, 0.15) is 11.8 Å². The van der Waals surface area contributed by atoms with E-state index in [1.165, 1.54) is 18.0 Å². The minimum absolute atomic E-state index is 0.0374. The number of hydrogen-bond donors (Lipinski definition) is 1. The number of nitrogens with two attached hydrogens (primary N) is 1. The molecule has 0 saturated heterocycles. The number of aromatic nitrogens is 2. The van der Waals surface area contributed by atoms with Gasteiger partial charge in [-0.25, -0.2) is 4.79 Å². The molecule has 1 aromatic carbocycles. The molecule has 7 nitrogen and oxygen atoms in total. The maximum absolute atomic E-state index is 12.1. The molecule has 0 aliphatic heterocycles. The van der Waals surface area contributed by atoms with Crippen molar-refractivity contribution >= 4 is 35.0 Å². The van der Waals surface area contributed by atoms with Crippen LogP contribution in [0.2, 0.25) is 10.0 Å². The Balaban J connectivity index is 2.14. The van der Waals surface area contributed by atoms with Gasteiger partial charge >= 0.3 is 5.97 Å². The molecule has 0 spiro atoms. The van der Waals surface area contributed by atoms with E-state index in [1.807, 2.05) is 0 Å². The van der Waals surface area contributed by atoms with E-state index < -0.39 is 12.0 Å². The Labute approximate surface area is 148 Å². The number of benzene rings is 1. The Morgan fingerprint density at radius 1 is 1.42 bits per heavy atom. The number of hydrogen-bond acceptors (Lipinski definition) is 5. The van der Waals surface area contributed by atoms with Crippen LogP contribution in [0, 0.1) is 6.92 Å². The number of methoxy groups -OCH3 is 1. The van der Waals surface area contributed by atoms with Gasteiger partial charge < -0.3 is 15.3 Å². The predicted molar refractivity (Wildman–Crippen MR) is 91.5 cm³/mol. The number of nitrogens with zero attached hydrogens (tertiary/aromatic N) is 3. The average Bonchev–Trinajstić information content (AvgIpc) is 2.90. The molecule has 1 heterocycles. The lowest BCUT2D eigenvalue weighted by molar-refractivity contribution is -0.147. The molecule has 2 aromatic rings. The fraction of sp³-hybridized carbons (Fsp3) is 0.267. The molecule has 0 radical (unpaired) electrons. The summed E-state index contributed by atoms with van der Waals surface area (Å²) in [5, 5.41) is 8.68. The highest BCUT2D eigenvalue weighted by Crippen LogP contribution is 2.22. The van der Waals surface area contributed by atoms with E-state index in [2.05, 4.69) is 10.3 Å². The van der Waals surface area contributed by atoms with E-state index in [-0.39, 0.29) is 5.84 Å². The first-order chi connectivity index (χ1) is 11.3. The van der Waals surface area contributed by atoms with Crippen LogP contribution in [0.3, 0.4) is 0 Å². The lowest BCUT2D eigenvalue weighted by Crippen LogP contribution is -2.21. The first-order valence-corrected chi connectivity index (χ1v) is 7.68. The molecule has 1 atom stereocenters. The summed E-state index contributed by atoms with van der Waals surface area (Å²) in [5.74, 6) is -0.220. The molecule has 0 fully saturated rings. The summed E-state index contributed by atoms with van der Waals surface area (Å²) < 4.78 is 6.57. The molecular formula is C15H16Cl2N4O3. The van der Waals surface area contributed by atoms with Crippen molar-refractivity contribution in [2.75, 3.05) is 7.11 Å². The molecule has 0 amide bonds. The molecule has 24 heavy (non-hydrogen) atoms. The first-order valence-electron chi connectivity index (χ1n) is 6.93. The second-order valence-corrected chi connectivity index (χ2v) is 5.79. The normalized spacial score (nSPS) is 12.8. The van der Waals surface area contributed by atoms with Crippen LogP contribution in [0.4, 0.5) is 0 Å². The third-order valence-electron chi connectivity index (χ3n) is 3.27. The van der Waals surface area contributed by atoms with Gasteiger partial charge in [-0.1, -0.05) is 28.4 Å². The Bertz CT molecular complexity index is 770. The summed E-state index contributed by atoms with van der Waals surface area (Å²) in [6.45, 7) is 3.34. The molecule has 1 aromatic heterocycles. The lowest BCUT2D eigenvalue weighted by Gasteiger charge is -2.10. The van der Waals surface area contributed by atoms with Gasteiger partial charge in [0.15, 0.2) is 5.84 Å².